The summed E-state index contributed by atoms with van der Waals surface area (Å²) < 4.78 is 158. The summed E-state index contributed by atoms with van der Waals surface area (Å²) in [7, 11) is 0. The molecule has 16 rings (SSSR count). The normalized spacial score (nSPS) is 37.6. The van der Waals surface area contributed by atoms with Gasteiger partial charge >= 0.3 is 71.6 Å². The molecule has 3 saturated carbocycles. The number of fused-ring (bicyclic) bond motifs is 7. The van der Waals surface area contributed by atoms with Crippen molar-refractivity contribution in [1.29, 1.82) is 0 Å². The molecule has 7 aliphatic heterocycles. The number of rotatable bonds is 28. The van der Waals surface area contributed by atoms with Gasteiger partial charge in [-0.3, -0.25) is 33.6 Å². The maximum Gasteiger partial charge on any atom is 0.338 e. The fraction of sp³-hybridized carbons (Fsp3) is 0.585. The van der Waals surface area contributed by atoms with E-state index in [2.05, 4.69) is 33.8 Å². The van der Waals surface area contributed by atoms with Gasteiger partial charge in [0.05, 0.1) is 71.0 Å². The fourth-order valence-corrected chi connectivity index (χ4v) is 23.4. The van der Waals surface area contributed by atoms with E-state index in [9.17, 15) is 52.7 Å². The van der Waals surface area contributed by atoms with E-state index in [1.54, 1.807) is 78.9 Å². The molecule has 36 heteroatoms. The number of benzene rings is 5. The number of carbonyl (C=O) groups is 12. The Bertz CT molecular complexity index is 5350. The number of allylic oxidation sites excluding steroid dienone is 1. The number of ether oxygens (including phenoxy) is 24. The lowest BCUT2D eigenvalue weighted by Crippen LogP contribution is -2.69. The minimum atomic E-state index is -2.17. The molecule has 0 bridgehead atoms. The van der Waals surface area contributed by atoms with Gasteiger partial charge in [-0.15, -0.1) is 0 Å². The standard InChI is InChI=1S/C106H126O36/c1-53-43-48-106(120-51-53)54(2)78-76(142-106)50-75-73-42-41-71-49-72(44-46-104(71,14)74(73)45-47-105(75,78)15)132-103-92(131-65(13)113)88(127-61(9)109)83(77(133-103)52-119-94(114)66-31-21-16-22-32-66)138-99-90(129-63(11)111)85(80(56(4)122-99)134-95(115)67-33-23-17-24-34-67)139-101-91(130-64(12)112)86(81(57(5)123-101)135-96(116)68-35-25-18-26-36-68)140-102-93(137-98(118)70-39-29-20-30-40-70)87(82(58(6)124-102)136-97(117)69-37-27-19-28-38-69)141-100-89(128-62(10)110)84(126-60(8)108)79(55(3)121-100)125-59(7)107/h16-41,53-58,72-93,99-103H,42-52H2,1-15H3/t53-,54+,55+,56+,57+,58+,72+,73-,74+,75+,76+,77-,78+,79+,80+,81+,82+,83-,84-,85-,86-,87-,88+,89-,90-,91-,92-,93-,99+,100+,101+,102+,103-,104+,105+,106-/m1/s1. The van der Waals surface area contributed by atoms with Gasteiger partial charge in [-0.05, 0) is 180 Å². The van der Waals surface area contributed by atoms with Crippen LogP contribution in [0.4, 0.5) is 0 Å². The van der Waals surface area contributed by atoms with Gasteiger partial charge < -0.3 is 114 Å². The molecule has 0 amide bonds. The van der Waals surface area contributed by atoms with Gasteiger partial charge in [0.2, 0.25) is 0 Å². The molecule has 0 unspecified atom stereocenters. The van der Waals surface area contributed by atoms with Gasteiger partial charge in [0.25, 0.3) is 0 Å². The zero-order chi connectivity index (χ0) is 101. The molecule has 11 aliphatic rings. The van der Waals surface area contributed by atoms with Crippen LogP contribution in [0.5, 0.6) is 0 Å². The lowest BCUT2D eigenvalue weighted by atomic mass is 9.47. The molecule has 5 aromatic carbocycles. The Kier molecular flexibility index (Phi) is 32.4. The van der Waals surface area contributed by atoms with Crippen LogP contribution in [0.3, 0.4) is 0 Å². The molecular formula is C106H126O36. The molecule has 36 nitrogen and oxygen atoms in total. The van der Waals surface area contributed by atoms with Crippen LogP contribution in [0.2, 0.25) is 0 Å². The molecule has 142 heavy (non-hydrogen) atoms. The molecule has 766 valence electrons. The molecular weight excluding hydrogens is 1850 g/mol. The summed E-state index contributed by atoms with van der Waals surface area (Å²) in [6.07, 6.45) is -36.5. The largest absolute Gasteiger partial charge is 0.459 e. The summed E-state index contributed by atoms with van der Waals surface area (Å²) in [4.78, 5) is 171. The van der Waals surface area contributed by atoms with Gasteiger partial charge in [0, 0.05) is 60.8 Å². The van der Waals surface area contributed by atoms with Crippen LogP contribution >= 0.6 is 0 Å². The van der Waals surface area contributed by atoms with E-state index in [-0.39, 0.29) is 50.7 Å². The monoisotopic (exact) mass is 1970 g/mol. The first kappa shape index (κ1) is 104. The van der Waals surface area contributed by atoms with Crippen LogP contribution in [-0.4, -0.2) is 256 Å². The van der Waals surface area contributed by atoms with Gasteiger partial charge in [-0.25, -0.2) is 24.0 Å². The van der Waals surface area contributed by atoms with Crippen LogP contribution < -0.4 is 0 Å². The van der Waals surface area contributed by atoms with Gasteiger partial charge in [0.1, 0.15) is 37.1 Å². The summed E-state index contributed by atoms with van der Waals surface area (Å²) >= 11 is 0. The van der Waals surface area contributed by atoms with Crippen LogP contribution in [0.1, 0.15) is 213 Å². The number of hydrogen-bond donors (Lipinski definition) is 0. The predicted molar refractivity (Wildman–Crippen MR) is 490 cm³/mol. The summed E-state index contributed by atoms with van der Waals surface area (Å²) in [6, 6.07) is 38.4. The average molecular weight is 1980 g/mol. The van der Waals surface area contributed by atoms with E-state index in [1.165, 1.54) is 106 Å². The van der Waals surface area contributed by atoms with Crippen molar-refractivity contribution >= 4 is 71.6 Å². The molecule has 7 heterocycles. The van der Waals surface area contributed by atoms with Crippen molar-refractivity contribution < 1.29 is 171 Å². The summed E-state index contributed by atoms with van der Waals surface area (Å²) in [5.41, 5.74) is 1.01. The van der Waals surface area contributed by atoms with Crippen molar-refractivity contribution in [3.63, 3.8) is 0 Å². The van der Waals surface area contributed by atoms with Crippen molar-refractivity contribution in [2.75, 3.05) is 13.2 Å². The Hall–Kier alpha value is -11.0. The maximum atomic E-state index is 15.2. The molecule has 36 atom stereocenters. The third-order valence-electron chi connectivity index (χ3n) is 29.8. The van der Waals surface area contributed by atoms with Gasteiger partial charge in [-0.2, -0.15) is 0 Å². The lowest BCUT2D eigenvalue weighted by molar-refractivity contribution is -0.390. The second-order valence-electron chi connectivity index (χ2n) is 39.5. The van der Waals surface area contributed by atoms with Crippen LogP contribution in [-0.2, 0) is 147 Å². The zero-order valence-electron chi connectivity index (χ0n) is 82.0. The molecule has 0 aromatic heterocycles. The van der Waals surface area contributed by atoms with Crippen LogP contribution in [0.25, 0.3) is 0 Å². The summed E-state index contributed by atoms with van der Waals surface area (Å²) in [5.74, 6) is -10.1. The number of hydrogen-bond acceptors (Lipinski definition) is 36. The van der Waals surface area contributed by atoms with E-state index in [0.717, 1.165) is 87.0 Å². The predicted octanol–water partition coefficient (Wildman–Crippen LogP) is 12.3. The second kappa shape index (κ2) is 44.3. The molecule has 4 aliphatic carbocycles. The first-order chi connectivity index (χ1) is 67.8. The molecule has 7 saturated heterocycles. The second-order valence-corrected chi connectivity index (χ2v) is 39.5. The highest BCUT2D eigenvalue weighted by molar-refractivity contribution is 5.92. The number of esters is 12. The Balaban J connectivity index is 0.764. The van der Waals surface area contributed by atoms with Crippen molar-refractivity contribution in [3.05, 3.63) is 191 Å². The van der Waals surface area contributed by atoms with Crippen molar-refractivity contribution in [2.24, 2.45) is 46.3 Å². The van der Waals surface area contributed by atoms with E-state index < -0.39 is 244 Å². The Morgan fingerprint density at radius 3 is 1.07 bits per heavy atom. The van der Waals surface area contributed by atoms with Gasteiger partial charge in [0.15, 0.2) is 104 Å². The highest BCUT2D eigenvalue weighted by Gasteiger charge is 2.70. The third-order valence-corrected chi connectivity index (χ3v) is 29.8. The Morgan fingerprint density at radius 1 is 0.345 bits per heavy atom. The van der Waals surface area contributed by atoms with Crippen molar-refractivity contribution in [1.82, 2.24) is 0 Å². The first-order valence-corrected chi connectivity index (χ1v) is 48.9. The lowest BCUT2D eigenvalue weighted by Gasteiger charge is -2.58. The molecule has 5 aromatic rings. The van der Waals surface area contributed by atoms with Crippen LogP contribution in [0.15, 0.2) is 163 Å². The SMILES string of the molecule is CC(=O)O[C@@H]1[C@@H](OC(C)=O)[C@H](C)O[C@@H](O[C@@H]2[C@@H](OC(=O)c3ccccc3)[C@H](C)O[C@@H](O[C@@H]3[C@@H](OC(=O)c4ccccc4)[C@H](C)O[C@@H](O[C@@H]4[C@@H](OC(=O)c5ccccc5)[C@H](C)O[C@@H](O[C@H]5[C@H](OC(C)=O)[C@@H](OC(C)=O)[C@H](O[C@H]6CC[C@@]7(C)C(=CC[C@H]8[C@@H]9C[C@@H]%10O[C@]%11(CC[C@@H](C)CO%11)[C@@H](C)[C@@H]%10[C@@]9(C)CC[C@@H]87)C6)O[C@@H]5COC(=O)c5ccccc5)[C@@H]4OC(C)=O)[C@@H]3OC(C)=O)[C@@H]2OC(=O)c2ccccc2)[C@@H]1OC(C)=O. The minimum absolute atomic E-state index is 0.00522. The zero-order valence-corrected chi connectivity index (χ0v) is 82.0. The first-order valence-electron chi connectivity index (χ1n) is 48.9. The smallest absolute Gasteiger partial charge is 0.338 e. The van der Waals surface area contributed by atoms with Gasteiger partial charge in [-0.1, -0.05) is 130 Å². The average Bonchev–Trinajstić information content (AvgIpc) is 1.51. The molecule has 0 radical (unpaired) electrons. The minimum Gasteiger partial charge on any atom is -0.459 e. The molecule has 1 spiro atoms. The molecule has 10 fully saturated rings. The van der Waals surface area contributed by atoms with Crippen molar-refractivity contribution in [2.45, 2.75) is 333 Å². The highest BCUT2D eigenvalue weighted by Crippen LogP contribution is 2.71. The van der Waals surface area contributed by atoms with E-state index in [0.29, 0.717) is 55.5 Å². The summed E-state index contributed by atoms with van der Waals surface area (Å²) in [5, 5.41) is 0. The number of carbonyl (C=O) groups excluding carboxylic acids is 12. The highest BCUT2D eigenvalue weighted by atomic mass is 16.8. The summed E-state index contributed by atoms with van der Waals surface area (Å²) in [6.45, 7) is 22.5. The van der Waals surface area contributed by atoms with Crippen molar-refractivity contribution in [3.8, 4) is 0 Å². The van der Waals surface area contributed by atoms with E-state index >= 15 is 4.79 Å². The Labute approximate surface area is 822 Å². The Morgan fingerprint density at radius 2 is 0.683 bits per heavy atom. The van der Waals surface area contributed by atoms with E-state index in [1.807, 2.05) is 0 Å². The quantitative estimate of drug-likeness (QED) is 0.0255. The molecule has 0 N–H and O–H groups in total. The van der Waals surface area contributed by atoms with E-state index in [4.69, 9.17) is 114 Å². The third kappa shape index (κ3) is 22.6. The topological polar surface area (TPSA) is 426 Å². The van der Waals surface area contributed by atoms with Crippen LogP contribution in [0, 0.1) is 46.3 Å². The maximum absolute atomic E-state index is 15.2. The fourth-order valence-electron chi connectivity index (χ4n) is 23.4.